The molecule has 1 aliphatic rings. The van der Waals surface area contributed by atoms with Gasteiger partial charge in [0.1, 0.15) is 6.61 Å². The molecule has 1 saturated heterocycles. The van der Waals surface area contributed by atoms with Crippen molar-refractivity contribution in [2.24, 2.45) is 0 Å². The Balaban J connectivity index is 3.10. The van der Waals surface area contributed by atoms with Crippen molar-refractivity contribution in [2.45, 2.75) is 50.6 Å². The Morgan fingerprint density at radius 3 is 1.80 bits per heavy atom. The number of thioether (sulfide) groups is 2. The molecule has 1 aliphatic heterocycles. The molecule has 0 aromatic heterocycles. The van der Waals surface area contributed by atoms with Gasteiger partial charge in [0.2, 0.25) is 0 Å². The fraction of sp³-hybridized carbons (Fsp3) is 0.733. The third-order valence-corrected chi connectivity index (χ3v) is 6.13. The Bertz CT molecular complexity index is 504. The molecule has 3 atom stereocenters. The number of hydrogen-bond acceptors (Lipinski definition) is 10. The van der Waals surface area contributed by atoms with Crippen LogP contribution < -0.4 is 0 Å². The van der Waals surface area contributed by atoms with Gasteiger partial charge in [0.05, 0.1) is 4.58 Å². The fourth-order valence-electron chi connectivity index (χ4n) is 2.19. The van der Waals surface area contributed by atoms with E-state index in [1.165, 1.54) is 27.7 Å². The number of rotatable bonds is 8. The average Bonchev–Trinajstić information content (AvgIpc) is 3.00. The molecule has 0 saturated carbocycles. The van der Waals surface area contributed by atoms with Crippen molar-refractivity contribution in [1.82, 2.24) is 0 Å². The normalized spacial score (nSPS) is 17.9. The van der Waals surface area contributed by atoms with E-state index in [1.807, 2.05) is 0 Å². The highest BCUT2D eigenvalue weighted by atomic mass is 32.2. The summed E-state index contributed by atoms with van der Waals surface area (Å²) in [5.41, 5.74) is 0. The second kappa shape index (κ2) is 10.5. The Morgan fingerprint density at radius 1 is 0.840 bits per heavy atom. The van der Waals surface area contributed by atoms with Crippen molar-refractivity contribution in [1.29, 1.82) is 0 Å². The second-order valence-corrected chi connectivity index (χ2v) is 8.01. The molecule has 0 bridgehead atoms. The fourth-order valence-corrected chi connectivity index (χ4v) is 5.19. The van der Waals surface area contributed by atoms with Crippen LogP contribution in [0.3, 0.4) is 0 Å². The lowest BCUT2D eigenvalue weighted by molar-refractivity contribution is -0.187. The van der Waals surface area contributed by atoms with Gasteiger partial charge in [0.25, 0.3) is 0 Å². The zero-order valence-corrected chi connectivity index (χ0v) is 16.1. The Morgan fingerprint density at radius 2 is 1.36 bits per heavy atom. The van der Waals surface area contributed by atoms with Gasteiger partial charge in [-0.25, -0.2) is 0 Å². The summed E-state index contributed by atoms with van der Waals surface area (Å²) in [6.45, 7) is 4.52. The van der Waals surface area contributed by atoms with Crippen molar-refractivity contribution >= 4 is 47.4 Å². The molecule has 142 valence electrons. The van der Waals surface area contributed by atoms with Crippen molar-refractivity contribution in [3.8, 4) is 0 Å². The largest absolute Gasteiger partial charge is 0.462 e. The molecule has 0 spiro atoms. The van der Waals surface area contributed by atoms with Crippen molar-refractivity contribution < 1.29 is 38.1 Å². The van der Waals surface area contributed by atoms with E-state index in [-0.39, 0.29) is 11.2 Å². The van der Waals surface area contributed by atoms with Crippen molar-refractivity contribution in [3.63, 3.8) is 0 Å². The van der Waals surface area contributed by atoms with E-state index in [2.05, 4.69) is 0 Å². The van der Waals surface area contributed by atoms with Gasteiger partial charge in [-0.1, -0.05) is 0 Å². The summed E-state index contributed by atoms with van der Waals surface area (Å²) >= 11 is 3.11. The standard InChI is InChI=1S/C15H22O8S2/c1-8(16)20-7-12(21-9(2)17)13(22-10(3)18)14(23-11(4)19)15-24-5-6-25-15/h12-15H,5-7H2,1-4H3/t12-,13-,14+/m1/s1. The van der Waals surface area contributed by atoms with Gasteiger partial charge < -0.3 is 18.9 Å². The lowest BCUT2D eigenvalue weighted by Gasteiger charge is -2.33. The molecule has 25 heavy (non-hydrogen) atoms. The SMILES string of the molecule is CC(=O)OC[C@@H](OC(C)=O)[C@@H](OC(C)=O)[C@H](OC(C)=O)C1SCCS1. The second-order valence-electron chi connectivity index (χ2n) is 5.21. The topological polar surface area (TPSA) is 105 Å². The number of carbonyl (C=O) groups is 4. The third-order valence-electron chi connectivity index (χ3n) is 2.98. The number of carbonyl (C=O) groups excluding carboxylic acids is 4. The molecule has 8 nitrogen and oxygen atoms in total. The lowest BCUT2D eigenvalue weighted by Crippen LogP contribution is -2.50. The quantitative estimate of drug-likeness (QED) is 0.440. The zero-order chi connectivity index (χ0) is 19.0. The van der Waals surface area contributed by atoms with Crippen LogP contribution in [-0.2, 0) is 38.1 Å². The summed E-state index contributed by atoms with van der Waals surface area (Å²) < 4.78 is 20.6. The first-order valence-corrected chi connectivity index (χ1v) is 9.68. The molecule has 0 amide bonds. The van der Waals surface area contributed by atoms with Gasteiger partial charge in [0, 0.05) is 39.2 Å². The summed E-state index contributed by atoms with van der Waals surface area (Å²) in [6.07, 6.45) is -3.02. The highest BCUT2D eigenvalue weighted by molar-refractivity contribution is 8.20. The third kappa shape index (κ3) is 8.00. The van der Waals surface area contributed by atoms with Crippen LogP contribution in [0.5, 0.6) is 0 Å². The van der Waals surface area contributed by atoms with Crippen LogP contribution in [-0.4, -0.2) is 64.9 Å². The van der Waals surface area contributed by atoms with Crippen LogP contribution in [0.25, 0.3) is 0 Å². The maximum atomic E-state index is 11.6. The molecule has 10 heteroatoms. The summed E-state index contributed by atoms with van der Waals surface area (Å²) in [4.78, 5) is 45.7. The van der Waals surface area contributed by atoms with Crippen LogP contribution in [0.4, 0.5) is 0 Å². The monoisotopic (exact) mass is 394 g/mol. The molecule has 0 N–H and O–H groups in total. The maximum absolute atomic E-state index is 11.6. The van der Waals surface area contributed by atoms with E-state index in [0.29, 0.717) is 0 Å². The minimum Gasteiger partial charge on any atom is -0.462 e. The first-order chi connectivity index (χ1) is 11.7. The van der Waals surface area contributed by atoms with E-state index in [1.54, 1.807) is 23.5 Å². The minimum atomic E-state index is -1.09. The van der Waals surface area contributed by atoms with Crippen LogP contribution >= 0.6 is 23.5 Å². The molecule has 0 aromatic carbocycles. The Hall–Kier alpha value is -1.42. The zero-order valence-electron chi connectivity index (χ0n) is 14.5. The summed E-state index contributed by atoms with van der Waals surface area (Å²) in [6, 6.07) is 0. The summed E-state index contributed by atoms with van der Waals surface area (Å²) in [5, 5.41) is 0. The van der Waals surface area contributed by atoms with Gasteiger partial charge in [-0.05, 0) is 0 Å². The Kier molecular flexibility index (Phi) is 9.12. The Labute approximate surface area is 154 Å². The first kappa shape index (κ1) is 21.6. The molecular formula is C15H22O8S2. The van der Waals surface area contributed by atoms with Crippen LogP contribution in [0.1, 0.15) is 27.7 Å². The van der Waals surface area contributed by atoms with E-state index in [4.69, 9.17) is 18.9 Å². The van der Waals surface area contributed by atoms with Crippen LogP contribution in [0, 0.1) is 0 Å². The highest BCUT2D eigenvalue weighted by Crippen LogP contribution is 2.38. The van der Waals surface area contributed by atoms with Crippen LogP contribution in [0.2, 0.25) is 0 Å². The van der Waals surface area contributed by atoms with Crippen molar-refractivity contribution in [2.75, 3.05) is 18.1 Å². The van der Waals surface area contributed by atoms with Gasteiger partial charge in [0.15, 0.2) is 18.3 Å². The summed E-state index contributed by atoms with van der Waals surface area (Å²) in [5.74, 6) is -0.696. The van der Waals surface area contributed by atoms with E-state index in [9.17, 15) is 19.2 Å². The molecular weight excluding hydrogens is 372 g/mol. The molecule has 1 rings (SSSR count). The van der Waals surface area contributed by atoms with Gasteiger partial charge >= 0.3 is 23.9 Å². The van der Waals surface area contributed by atoms with Gasteiger partial charge in [-0.15, -0.1) is 23.5 Å². The molecule has 0 unspecified atom stereocenters. The highest BCUT2D eigenvalue weighted by Gasteiger charge is 2.43. The molecule has 1 fully saturated rings. The number of hydrogen-bond donors (Lipinski definition) is 0. The van der Waals surface area contributed by atoms with E-state index in [0.717, 1.165) is 11.5 Å². The molecule has 1 heterocycles. The van der Waals surface area contributed by atoms with Gasteiger partial charge in [-0.3, -0.25) is 19.2 Å². The maximum Gasteiger partial charge on any atom is 0.303 e. The molecule has 0 aromatic rings. The van der Waals surface area contributed by atoms with E-state index < -0.39 is 42.2 Å². The molecule has 0 aliphatic carbocycles. The smallest absolute Gasteiger partial charge is 0.303 e. The number of ether oxygens (including phenoxy) is 4. The van der Waals surface area contributed by atoms with Gasteiger partial charge in [-0.2, -0.15) is 0 Å². The predicted octanol–water partition coefficient (Wildman–Crippen LogP) is 1.15. The predicted molar refractivity (Wildman–Crippen MR) is 92.0 cm³/mol. The van der Waals surface area contributed by atoms with Crippen LogP contribution in [0.15, 0.2) is 0 Å². The lowest BCUT2D eigenvalue weighted by atomic mass is 10.1. The number of esters is 4. The van der Waals surface area contributed by atoms with Crippen molar-refractivity contribution in [3.05, 3.63) is 0 Å². The molecule has 0 radical (unpaired) electrons. The minimum absolute atomic E-state index is 0.191. The first-order valence-electron chi connectivity index (χ1n) is 7.59. The average molecular weight is 394 g/mol. The van der Waals surface area contributed by atoms with E-state index >= 15 is 0 Å². The summed E-state index contributed by atoms with van der Waals surface area (Å²) in [7, 11) is 0.